The third-order valence-electron chi connectivity index (χ3n) is 1.70. The van der Waals surface area contributed by atoms with E-state index in [0.717, 1.165) is 17.8 Å². The normalized spacial score (nSPS) is 22.2. The molecule has 0 radical (unpaired) electrons. The van der Waals surface area contributed by atoms with Crippen LogP contribution in [0.2, 0.25) is 0 Å². The zero-order valence-corrected chi connectivity index (χ0v) is 5.48. The minimum atomic E-state index is 0.0440. The minimum Gasteiger partial charge on any atom is -0.381 e. The summed E-state index contributed by atoms with van der Waals surface area (Å²) in [5, 5.41) is 5.83. The van der Waals surface area contributed by atoms with Gasteiger partial charge in [0, 0.05) is 18.8 Å². The van der Waals surface area contributed by atoms with Crippen LogP contribution in [0.5, 0.6) is 0 Å². The monoisotopic (exact) mass is 136 g/mol. The third-order valence-corrected chi connectivity index (χ3v) is 1.70. The highest BCUT2D eigenvalue weighted by Crippen LogP contribution is 2.14. The van der Waals surface area contributed by atoms with Crippen molar-refractivity contribution in [2.75, 3.05) is 13.1 Å². The Morgan fingerprint density at radius 3 is 2.80 bits per heavy atom. The van der Waals surface area contributed by atoms with E-state index in [1.54, 1.807) is 0 Å². The molecule has 0 atom stereocenters. The van der Waals surface area contributed by atoms with Gasteiger partial charge in [0.05, 0.1) is 5.57 Å². The first-order valence-corrected chi connectivity index (χ1v) is 3.31. The highest BCUT2D eigenvalue weighted by molar-refractivity contribution is 5.99. The molecule has 0 spiro atoms. The summed E-state index contributed by atoms with van der Waals surface area (Å²) < 4.78 is 0. The lowest BCUT2D eigenvalue weighted by Gasteiger charge is -2.11. The first-order chi connectivity index (χ1) is 4.88. The molecule has 0 aromatic rings. The summed E-state index contributed by atoms with van der Waals surface area (Å²) in [5.74, 6) is 0.0440. The van der Waals surface area contributed by atoms with Crippen molar-refractivity contribution in [2.24, 2.45) is 0 Å². The van der Waals surface area contributed by atoms with Gasteiger partial charge in [0.25, 0.3) is 5.91 Å². The largest absolute Gasteiger partial charge is 0.381 e. The van der Waals surface area contributed by atoms with E-state index in [2.05, 4.69) is 10.6 Å². The summed E-state index contributed by atoms with van der Waals surface area (Å²) in [6.45, 7) is 1.44. The number of amides is 1. The van der Waals surface area contributed by atoms with Crippen LogP contribution in [0, 0.1) is 0 Å². The van der Waals surface area contributed by atoms with Crippen molar-refractivity contribution >= 4 is 5.91 Å². The highest BCUT2D eigenvalue weighted by atomic mass is 16.1. The van der Waals surface area contributed by atoms with Gasteiger partial charge in [-0.05, 0) is 6.08 Å². The Balaban J connectivity index is 2.40. The molecule has 0 unspecified atom stereocenters. The Kier molecular flexibility index (Phi) is 1.03. The van der Waals surface area contributed by atoms with E-state index in [1.165, 1.54) is 0 Å². The standard InChI is InChI=1S/C7H8N2O/c10-7-5-1-3-8-6(5)2-4-9-7/h1-2,8H,3-4H2,(H,9,10). The maximum atomic E-state index is 11.0. The number of carbonyl (C=O) groups is 1. The lowest BCUT2D eigenvalue weighted by atomic mass is 10.1. The molecule has 52 valence electrons. The molecule has 3 heteroatoms. The van der Waals surface area contributed by atoms with Crippen molar-refractivity contribution in [3.8, 4) is 0 Å². The summed E-state index contributed by atoms with van der Waals surface area (Å²) in [6.07, 6.45) is 3.89. The van der Waals surface area contributed by atoms with Crippen LogP contribution >= 0.6 is 0 Å². The van der Waals surface area contributed by atoms with E-state index in [-0.39, 0.29) is 5.91 Å². The molecule has 3 nitrogen and oxygen atoms in total. The van der Waals surface area contributed by atoms with Crippen molar-refractivity contribution in [1.29, 1.82) is 0 Å². The van der Waals surface area contributed by atoms with Gasteiger partial charge in [-0.15, -0.1) is 0 Å². The van der Waals surface area contributed by atoms with Crippen LogP contribution in [-0.4, -0.2) is 19.0 Å². The van der Waals surface area contributed by atoms with Gasteiger partial charge < -0.3 is 10.6 Å². The number of carbonyl (C=O) groups excluding carboxylic acids is 1. The van der Waals surface area contributed by atoms with Crippen molar-refractivity contribution < 1.29 is 4.79 Å². The highest BCUT2D eigenvalue weighted by Gasteiger charge is 2.20. The maximum Gasteiger partial charge on any atom is 0.253 e. The van der Waals surface area contributed by atoms with Gasteiger partial charge in [0.15, 0.2) is 0 Å². The van der Waals surface area contributed by atoms with Crippen LogP contribution in [0.4, 0.5) is 0 Å². The van der Waals surface area contributed by atoms with Gasteiger partial charge in [-0.2, -0.15) is 0 Å². The van der Waals surface area contributed by atoms with Crippen molar-refractivity contribution in [3.63, 3.8) is 0 Å². The molecule has 0 aromatic carbocycles. The zero-order chi connectivity index (χ0) is 6.97. The average Bonchev–Trinajstić information content (AvgIpc) is 2.36. The van der Waals surface area contributed by atoms with E-state index in [0.29, 0.717) is 6.54 Å². The summed E-state index contributed by atoms with van der Waals surface area (Å²) >= 11 is 0. The molecule has 2 aliphatic rings. The second kappa shape index (κ2) is 1.87. The lowest BCUT2D eigenvalue weighted by molar-refractivity contribution is -0.117. The van der Waals surface area contributed by atoms with Crippen LogP contribution < -0.4 is 10.6 Å². The van der Waals surface area contributed by atoms with E-state index < -0.39 is 0 Å². The predicted molar refractivity (Wildman–Crippen MR) is 37.2 cm³/mol. The Morgan fingerprint density at radius 2 is 2.00 bits per heavy atom. The lowest BCUT2D eigenvalue weighted by Crippen LogP contribution is -2.31. The molecule has 0 aliphatic carbocycles. The predicted octanol–water partition coefficient (Wildman–Crippen LogP) is -0.470. The SMILES string of the molecule is O=C1NCC=C2NCC=C12. The van der Waals surface area contributed by atoms with Crippen LogP contribution in [0.3, 0.4) is 0 Å². The van der Waals surface area contributed by atoms with Crippen LogP contribution in [0.15, 0.2) is 23.4 Å². The number of nitrogens with one attached hydrogen (secondary N) is 2. The molecule has 2 rings (SSSR count). The Hall–Kier alpha value is -1.25. The summed E-state index contributed by atoms with van der Waals surface area (Å²) in [5.41, 5.74) is 1.79. The molecule has 2 heterocycles. The van der Waals surface area contributed by atoms with Gasteiger partial charge in [0.1, 0.15) is 0 Å². The molecule has 0 fully saturated rings. The zero-order valence-electron chi connectivity index (χ0n) is 5.48. The van der Waals surface area contributed by atoms with E-state index >= 15 is 0 Å². The van der Waals surface area contributed by atoms with Crippen molar-refractivity contribution in [2.45, 2.75) is 0 Å². The van der Waals surface area contributed by atoms with Gasteiger partial charge in [0.2, 0.25) is 0 Å². The molecule has 10 heavy (non-hydrogen) atoms. The van der Waals surface area contributed by atoms with E-state index in [4.69, 9.17) is 0 Å². The molecule has 0 saturated heterocycles. The van der Waals surface area contributed by atoms with Gasteiger partial charge >= 0.3 is 0 Å². The quantitative estimate of drug-likeness (QED) is 0.472. The van der Waals surface area contributed by atoms with Crippen LogP contribution in [0.1, 0.15) is 0 Å². The second-order valence-corrected chi connectivity index (χ2v) is 2.33. The molecule has 0 aromatic heterocycles. The number of hydrogen-bond donors (Lipinski definition) is 2. The smallest absolute Gasteiger partial charge is 0.253 e. The molecule has 0 saturated carbocycles. The molecular weight excluding hydrogens is 128 g/mol. The first-order valence-electron chi connectivity index (χ1n) is 3.31. The van der Waals surface area contributed by atoms with Gasteiger partial charge in [-0.3, -0.25) is 4.79 Å². The fourth-order valence-corrected chi connectivity index (χ4v) is 1.21. The molecular formula is C7H8N2O. The molecule has 1 amide bonds. The van der Waals surface area contributed by atoms with Gasteiger partial charge in [-0.1, -0.05) is 6.08 Å². The first kappa shape index (κ1) is 5.53. The number of fused-ring (bicyclic) bond motifs is 1. The second-order valence-electron chi connectivity index (χ2n) is 2.33. The van der Waals surface area contributed by atoms with E-state index in [1.807, 2.05) is 12.2 Å². The van der Waals surface area contributed by atoms with Crippen molar-refractivity contribution in [3.05, 3.63) is 23.4 Å². The van der Waals surface area contributed by atoms with Crippen molar-refractivity contribution in [1.82, 2.24) is 10.6 Å². The van der Waals surface area contributed by atoms with Gasteiger partial charge in [-0.25, -0.2) is 0 Å². The average molecular weight is 136 g/mol. The van der Waals surface area contributed by atoms with E-state index in [9.17, 15) is 4.79 Å². The molecule has 2 N–H and O–H groups in total. The molecule has 2 aliphatic heterocycles. The maximum absolute atomic E-state index is 11.0. The summed E-state index contributed by atoms with van der Waals surface area (Å²) in [4.78, 5) is 11.0. The fourth-order valence-electron chi connectivity index (χ4n) is 1.21. The Morgan fingerprint density at radius 1 is 1.20 bits per heavy atom. The Labute approximate surface area is 58.8 Å². The Bertz CT molecular complexity index is 240. The molecule has 0 bridgehead atoms. The summed E-state index contributed by atoms with van der Waals surface area (Å²) in [7, 11) is 0. The number of hydrogen-bond acceptors (Lipinski definition) is 2. The van der Waals surface area contributed by atoms with Crippen LogP contribution in [-0.2, 0) is 4.79 Å². The number of rotatable bonds is 0. The minimum absolute atomic E-state index is 0.0440. The topological polar surface area (TPSA) is 41.1 Å². The third kappa shape index (κ3) is 0.635. The fraction of sp³-hybridized carbons (Fsp3) is 0.286. The van der Waals surface area contributed by atoms with Crippen LogP contribution in [0.25, 0.3) is 0 Å². The summed E-state index contributed by atoms with van der Waals surface area (Å²) in [6, 6.07) is 0.